The summed E-state index contributed by atoms with van der Waals surface area (Å²) in [6, 6.07) is 10.0. The summed E-state index contributed by atoms with van der Waals surface area (Å²) in [4.78, 5) is 20.2. The van der Waals surface area contributed by atoms with Gasteiger partial charge in [-0.05, 0) is 45.8 Å². The van der Waals surface area contributed by atoms with Crippen LogP contribution in [0.5, 0.6) is 0 Å². The van der Waals surface area contributed by atoms with Crippen LogP contribution >= 0.6 is 11.3 Å². The smallest absolute Gasteiger partial charge is 0.263 e. The maximum atomic E-state index is 12.4. The molecule has 0 bridgehead atoms. The van der Waals surface area contributed by atoms with Gasteiger partial charge in [-0.3, -0.25) is 4.79 Å². The number of likely N-dealkylation sites (tertiary alicyclic amines) is 1. The molecule has 2 aromatic rings. The summed E-state index contributed by atoms with van der Waals surface area (Å²) in [5.74, 6) is 0.00539. The summed E-state index contributed by atoms with van der Waals surface area (Å²) in [5, 5.41) is 3.96. The van der Waals surface area contributed by atoms with Crippen LogP contribution < -0.4 is 5.32 Å². The van der Waals surface area contributed by atoms with Gasteiger partial charge in [0.15, 0.2) is 0 Å². The molecule has 0 unspecified atom stereocenters. The fourth-order valence-corrected chi connectivity index (χ4v) is 4.07. The second kappa shape index (κ2) is 8.40. The van der Waals surface area contributed by atoms with Crippen molar-refractivity contribution in [3.8, 4) is 10.6 Å². The second-order valence-electron chi connectivity index (χ2n) is 6.31. The van der Waals surface area contributed by atoms with Gasteiger partial charge in [0.05, 0.1) is 5.69 Å². The molecule has 0 radical (unpaired) electrons. The fraction of sp³-hybridized carbons (Fsp3) is 0.474. The van der Waals surface area contributed by atoms with Crippen molar-refractivity contribution in [1.29, 1.82) is 0 Å². The predicted octanol–water partition coefficient (Wildman–Crippen LogP) is 3.72. The molecule has 5 heteroatoms. The largest absolute Gasteiger partial charge is 0.351 e. The monoisotopic (exact) mass is 343 g/mol. The highest BCUT2D eigenvalue weighted by Gasteiger charge is 2.16. The summed E-state index contributed by atoms with van der Waals surface area (Å²) >= 11 is 1.47. The lowest BCUT2D eigenvalue weighted by atomic mass is 10.1. The molecule has 3 rings (SSSR count). The zero-order chi connectivity index (χ0) is 16.8. The molecule has 1 amide bonds. The van der Waals surface area contributed by atoms with Crippen LogP contribution in [0.25, 0.3) is 10.6 Å². The van der Waals surface area contributed by atoms with Gasteiger partial charge in [-0.15, -0.1) is 11.3 Å². The lowest BCUT2D eigenvalue weighted by Gasteiger charge is -2.26. The van der Waals surface area contributed by atoms with Crippen molar-refractivity contribution < 1.29 is 4.79 Å². The molecule has 1 N–H and O–H groups in total. The van der Waals surface area contributed by atoms with Crippen LogP contribution in [0.1, 0.15) is 41.0 Å². The summed E-state index contributed by atoms with van der Waals surface area (Å²) in [6.45, 7) is 6.14. The molecule has 1 fully saturated rings. The Kier molecular flexibility index (Phi) is 5.99. The summed E-state index contributed by atoms with van der Waals surface area (Å²) in [5.41, 5.74) is 1.88. The van der Waals surface area contributed by atoms with E-state index < -0.39 is 0 Å². The highest BCUT2D eigenvalue weighted by Crippen LogP contribution is 2.27. The topological polar surface area (TPSA) is 45.2 Å². The van der Waals surface area contributed by atoms with E-state index in [1.54, 1.807) is 0 Å². The summed E-state index contributed by atoms with van der Waals surface area (Å²) < 4.78 is 0. The Bertz CT molecular complexity index is 663. The van der Waals surface area contributed by atoms with Gasteiger partial charge in [0.1, 0.15) is 9.88 Å². The van der Waals surface area contributed by atoms with E-state index >= 15 is 0 Å². The molecule has 1 aliphatic rings. The van der Waals surface area contributed by atoms with Crippen molar-refractivity contribution in [1.82, 2.24) is 15.2 Å². The lowest BCUT2D eigenvalue weighted by Crippen LogP contribution is -2.33. The van der Waals surface area contributed by atoms with Crippen LogP contribution in [0.15, 0.2) is 30.3 Å². The van der Waals surface area contributed by atoms with Gasteiger partial charge in [0.2, 0.25) is 0 Å². The van der Waals surface area contributed by atoms with Crippen LogP contribution in [0.2, 0.25) is 0 Å². The average Bonchev–Trinajstić information content (AvgIpc) is 3.02. The van der Waals surface area contributed by atoms with Gasteiger partial charge >= 0.3 is 0 Å². The number of hydrogen-bond acceptors (Lipinski definition) is 4. The molecule has 1 aromatic carbocycles. The van der Waals surface area contributed by atoms with Crippen LogP contribution in [0, 0.1) is 6.92 Å². The zero-order valence-electron chi connectivity index (χ0n) is 14.3. The number of thiazole rings is 1. The normalized spacial score (nSPS) is 15.4. The molecule has 0 saturated carbocycles. The third kappa shape index (κ3) is 4.42. The van der Waals surface area contributed by atoms with Crippen LogP contribution in [-0.4, -0.2) is 42.0 Å². The van der Waals surface area contributed by atoms with E-state index in [1.165, 1.54) is 43.7 Å². The molecule has 1 aromatic heterocycles. The number of carbonyl (C=O) groups is 1. The molecule has 0 atom stereocenters. The third-order valence-corrected chi connectivity index (χ3v) is 5.61. The van der Waals surface area contributed by atoms with E-state index in [2.05, 4.69) is 15.2 Å². The highest BCUT2D eigenvalue weighted by atomic mass is 32.1. The Balaban J connectivity index is 1.51. The predicted molar refractivity (Wildman–Crippen MR) is 99.5 cm³/mol. The number of aryl methyl sites for hydroxylation is 1. The maximum absolute atomic E-state index is 12.4. The number of rotatable bonds is 6. The zero-order valence-corrected chi connectivity index (χ0v) is 15.1. The summed E-state index contributed by atoms with van der Waals surface area (Å²) in [7, 11) is 0. The fourth-order valence-electron chi connectivity index (χ4n) is 3.08. The molecular weight excluding hydrogens is 318 g/mol. The lowest BCUT2D eigenvalue weighted by molar-refractivity contribution is 0.0954. The van der Waals surface area contributed by atoms with Gasteiger partial charge in [0, 0.05) is 12.1 Å². The third-order valence-electron chi connectivity index (χ3n) is 4.41. The minimum Gasteiger partial charge on any atom is -0.351 e. The Labute approximate surface area is 147 Å². The average molecular weight is 343 g/mol. The Morgan fingerprint density at radius 3 is 2.71 bits per heavy atom. The Hall–Kier alpha value is -1.72. The first-order valence-corrected chi connectivity index (χ1v) is 9.59. The minimum atomic E-state index is 0.00539. The van der Waals surface area contributed by atoms with Crippen molar-refractivity contribution in [2.24, 2.45) is 0 Å². The molecule has 1 aliphatic heterocycles. The molecule has 24 heavy (non-hydrogen) atoms. The SMILES string of the molecule is Cc1nc(-c2ccccc2)sc1C(=O)NCCCN1CCCCC1. The number of aromatic nitrogens is 1. The first kappa shape index (κ1) is 17.1. The van der Waals surface area contributed by atoms with E-state index in [-0.39, 0.29) is 5.91 Å². The van der Waals surface area contributed by atoms with E-state index in [0.29, 0.717) is 0 Å². The van der Waals surface area contributed by atoms with Gasteiger partial charge < -0.3 is 10.2 Å². The van der Waals surface area contributed by atoms with E-state index in [0.717, 1.165) is 40.7 Å². The molecule has 0 aliphatic carbocycles. The van der Waals surface area contributed by atoms with E-state index in [4.69, 9.17) is 0 Å². The van der Waals surface area contributed by atoms with Gasteiger partial charge in [0.25, 0.3) is 5.91 Å². The van der Waals surface area contributed by atoms with Crippen LogP contribution in [0.3, 0.4) is 0 Å². The number of nitrogens with one attached hydrogen (secondary N) is 1. The quantitative estimate of drug-likeness (QED) is 0.813. The molecule has 4 nitrogen and oxygen atoms in total. The van der Waals surface area contributed by atoms with Crippen LogP contribution in [0.4, 0.5) is 0 Å². The Morgan fingerprint density at radius 2 is 1.96 bits per heavy atom. The highest BCUT2D eigenvalue weighted by molar-refractivity contribution is 7.17. The number of nitrogens with zero attached hydrogens (tertiary/aromatic N) is 2. The number of amides is 1. The van der Waals surface area contributed by atoms with E-state index in [9.17, 15) is 4.79 Å². The minimum absolute atomic E-state index is 0.00539. The number of benzene rings is 1. The maximum Gasteiger partial charge on any atom is 0.263 e. The summed E-state index contributed by atoms with van der Waals surface area (Å²) in [6.07, 6.45) is 5.00. The second-order valence-corrected chi connectivity index (χ2v) is 7.31. The molecule has 2 heterocycles. The molecule has 128 valence electrons. The first-order valence-electron chi connectivity index (χ1n) is 8.77. The van der Waals surface area contributed by atoms with Gasteiger partial charge in [-0.2, -0.15) is 0 Å². The van der Waals surface area contributed by atoms with Crippen molar-refractivity contribution >= 4 is 17.2 Å². The van der Waals surface area contributed by atoms with Gasteiger partial charge in [-0.25, -0.2) is 4.98 Å². The standard InChI is InChI=1S/C19H25N3OS/c1-15-17(24-19(21-15)16-9-4-2-5-10-16)18(23)20-11-8-14-22-12-6-3-7-13-22/h2,4-5,9-10H,3,6-8,11-14H2,1H3,(H,20,23). The molecular formula is C19H25N3OS. The Morgan fingerprint density at radius 1 is 1.21 bits per heavy atom. The van der Waals surface area contributed by atoms with Crippen LogP contribution in [-0.2, 0) is 0 Å². The van der Waals surface area contributed by atoms with Crippen molar-refractivity contribution in [3.05, 3.63) is 40.9 Å². The number of piperidine rings is 1. The van der Waals surface area contributed by atoms with Crippen molar-refractivity contribution in [2.45, 2.75) is 32.6 Å². The number of carbonyl (C=O) groups excluding carboxylic acids is 1. The molecule has 0 spiro atoms. The molecule has 1 saturated heterocycles. The van der Waals surface area contributed by atoms with Gasteiger partial charge in [-0.1, -0.05) is 36.8 Å². The van der Waals surface area contributed by atoms with Crippen molar-refractivity contribution in [2.75, 3.05) is 26.2 Å². The van der Waals surface area contributed by atoms with E-state index in [1.807, 2.05) is 37.3 Å². The van der Waals surface area contributed by atoms with Crippen molar-refractivity contribution in [3.63, 3.8) is 0 Å². The first-order chi connectivity index (χ1) is 11.7. The number of hydrogen-bond donors (Lipinski definition) is 1.